The molecule has 0 N–H and O–H groups in total. The van der Waals surface area contributed by atoms with Crippen LogP contribution in [0.1, 0.15) is 33.3 Å². The van der Waals surface area contributed by atoms with Gasteiger partial charge in [0.2, 0.25) is 0 Å². The predicted octanol–water partition coefficient (Wildman–Crippen LogP) is 3.57. The third kappa shape index (κ3) is 4.63. The maximum atomic E-state index is 12.1. The average Bonchev–Trinajstić information content (AvgIpc) is 2.35. The van der Waals surface area contributed by atoms with Gasteiger partial charge in [0.25, 0.3) is 0 Å². The molecule has 0 aliphatic heterocycles. The first-order chi connectivity index (χ1) is 8.77. The molecular formula is C17H20O2. The summed E-state index contributed by atoms with van der Waals surface area (Å²) in [7, 11) is 0. The number of carbonyl (C=O) groups is 1. The second kappa shape index (κ2) is 5.75. The maximum absolute atomic E-state index is 12.1. The third-order valence-corrected chi connectivity index (χ3v) is 2.47. The Morgan fingerprint density at radius 2 is 1.79 bits per heavy atom. The lowest BCUT2D eigenvalue weighted by molar-refractivity contribution is -0.160. The summed E-state index contributed by atoms with van der Waals surface area (Å²) in [6.07, 6.45) is 1.52. The number of rotatable bonds is 2. The van der Waals surface area contributed by atoms with Crippen molar-refractivity contribution < 1.29 is 9.53 Å². The van der Waals surface area contributed by atoms with Crippen LogP contribution in [0.3, 0.4) is 0 Å². The molecule has 0 fully saturated rings. The molecule has 0 radical (unpaired) electrons. The monoisotopic (exact) mass is 256 g/mol. The first kappa shape index (κ1) is 15.0. The van der Waals surface area contributed by atoms with Crippen molar-refractivity contribution in [3.63, 3.8) is 0 Å². The van der Waals surface area contributed by atoms with Gasteiger partial charge < -0.3 is 4.74 Å². The van der Waals surface area contributed by atoms with Crippen molar-refractivity contribution in [1.29, 1.82) is 0 Å². The fourth-order valence-electron chi connectivity index (χ4n) is 1.29. The highest BCUT2D eigenvalue weighted by Crippen LogP contribution is 2.22. The van der Waals surface area contributed by atoms with E-state index in [1.165, 1.54) is 6.08 Å². The molecule has 19 heavy (non-hydrogen) atoms. The molecule has 1 atom stereocenters. The lowest BCUT2D eigenvalue weighted by atomic mass is 9.91. The van der Waals surface area contributed by atoms with E-state index in [0.29, 0.717) is 0 Å². The van der Waals surface area contributed by atoms with E-state index in [1.807, 2.05) is 51.1 Å². The quantitative estimate of drug-likeness (QED) is 0.459. The number of esters is 1. The van der Waals surface area contributed by atoms with Crippen molar-refractivity contribution in [2.45, 2.75) is 33.3 Å². The minimum atomic E-state index is -0.997. The molecule has 0 saturated heterocycles. The third-order valence-electron chi connectivity index (χ3n) is 2.47. The highest BCUT2D eigenvalue weighted by atomic mass is 16.6. The highest BCUT2D eigenvalue weighted by Gasteiger charge is 2.32. The van der Waals surface area contributed by atoms with Gasteiger partial charge in [-0.1, -0.05) is 36.1 Å². The molecule has 0 aliphatic carbocycles. The van der Waals surface area contributed by atoms with Gasteiger partial charge in [0.15, 0.2) is 0 Å². The van der Waals surface area contributed by atoms with Crippen LogP contribution in [0.15, 0.2) is 43.0 Å². The molecule has 2 nitrogen and oxygen atoms in total. The van der Waals surface area contributed by atoms with Crippen LogP contribution in [0.2, 0.25) is 0 Å². The predicted molar refractivity (Wildman–Crippen MR) is 77.5 cm³/mol. The Balaban J connectivity index is 2.96. The molecule has 0 bridgehead atoms. The summed E-state index contributed by atoms with van der Waals surface area (Å²) in [6, 6.07) is 9.52. The molecule has 2 heteroatoms. The van der Waals surface area contributed by atoms with Gasteiger partial charge in [-0.15, -0.1) is 6.58 Å². The lowest BCUT2D eigenvalue weighted by Gasteiger charge is -2.25. The van der Waals surface area contributed by atoms with E-state index in [1.54, 1.807) is 6.92 Å². The second-order valence-corrected chi connectivity index (χ2v) is 5.52. The first-order valence-electron chi connectivity index (χ1n) is 6.22. The van der Waals surface area contributed by atoms with E-state index in [4.69, 9.17) is 4.74 Å². The number of benzene rings is 1. The Morgan fingerprint density at radius 3 is 2.26 bits per heavy atom. The van der Waals surface area contributed by atoms with E-state index in [0.717, 1.165) is 5.56 Å². The fraction of sp³-hybridized carbons (Fsp3) is 0.353. The van der Waals surface area contributed by atoms with Crippen molar-refractivity contribution in [3.8, 4) is 11.8 Å². The van der Waals surface area contributed by atoms with Crippen molar-refractivity contribution in [2.24, 2.45) is 5.41 Å². The number of hydrogen-bond acceptors (Lipinski definition) is 2. The Kier molecular flexibility index (Phi) is 4.56. The second-order valence-electron chi connectivity index (χ2n) is 5.52. The molecule has 0 amide bonds. The van der Waals surface area contributed by atoms with Gasteiger partial charge >= 0.3 is 5.97 Å². The van der Waals surface area contributed by atoms with E-state index < -0.39 is 11.0 Å². The zero-order valence-electron chi connectivity index (χ0n) is 12.0. The zero-order valence-corrected chi connectivity index (χ0v) is 12.0. The Morgan fingerprint density at radius 1 is 1.21 bits per heavy atom. The summed E-state index contributed by atoms with van der Waals surface area (Å²) in [5, 5.41) is 0. The smallest absolute Gasteiger partial charge is 0.328 e. The Labute approximate surface area is 115 Å². The number of carbonyl (C=O) groups excluding carboxylic acids is 1. The standard InChI is InChI=1S/C17H20O2/c1-6-17(5,15(18)19-16(2,3)4)13-12-14-10-8-7-9-11-14/h6-11H,1H2,2-5H3/t17-/m1/s1. The lowest BCUT2D eigenvalue weighted by Crippen LogP contribution is -2.33. The summed E-state index contributed by atoms with van der Waals surface area (Å²) < 4.78 is 5.37. The molecule has 0 spiro atoms. The van der Waals surface area contributed by atoms with Gasteiger partial charge in [0.05, 0.1) is 0 Å². The fourth-order valence-corrected chi connectivity index (χ4v) is 1.29. The molecular weight excluding hydrogens is 236 g/mol. The highest BCUT2D eigenvalue weighted by molar-refractivity contribution is 5.83. The molecule has 0 heterocycles. The van der Waals surface area contributed by atoms with Crippen molar-refractivity contribution in [3.05, 3.63) is 48.6 Å². The van der Waals surface area contributed by atoms with Crippen LogP contribution >= 0.6 is 0 Å². The summed E-state index contributed by atoms with van der Waals surface area (Å²) in [6.45, 7) is 10.9. The van der Waals surface area contributed by atoms with Gasteiger partial charge in [-0.3, -0.25) is 4.79 Å². The van der Waals surface area contributed by atoms with Crippen molar-refractivity contribution >= 4 is 5.97 Å². The van der Waals surface area contributed by atoms with Gasteiger partial charge in [0.1, 0.15) is 11.0 Å². The van der Waals surface area contributed by atoms with E-state index in [-0.39, 0.29) is 5.97 Å². The topological polar surface area (TPSA) is 26.3 Å². The van der Waals surface area contributed by atoms with Crippen LogP contribution in [0.25, 0.3) is 0 Å². The zero-order chi connectivity index (χ0) is 14.5. The molecule has 0 unspecified atom stereocenters. The molecule has 100 valence electrons. The summed E-state index contributed by atoms with van der Waals surface area (Å²) in [5.41, 5.74) is -0.669. The Bertz CT molecular complexity index is 512. The van der Waals surface area contributed by atoms with Crippen LogP contribution in [-0.4, -0.2) is 11.6 Å². The van der Waals surface area contributed by atoms with Crippen molar-refractivity contribution in [2.75, 3.05) is 0 Å². The van der Waals surface area contributed by atoms with E-state index in [9.17, 15) is 4.79 Å². The summed E-state index contributed by atoms with van der Waals surface area (Å²) >= 11 is 0. The normalized spacial score (nSPS) is 13.7. The van der Waals surface area contributed by atoms with Crippen LogP contribution in [-0.2, 0) is 9.53 Å². The SMILES string of the molecule is C=C[C@](C)(C#Cc1ccccc1)C(=O)OC(C)(C)C. The largest absolute Gasteiger partial charge is 0.459 e. The van der Waals surface area contributed by atoms with Crippen LogP contribution in [0.4, 0.5) is 0 Å². The van der Waals surface area contributed by atoms with Crippen LogP contribution in [0.5, 0.6) is 0 Å². The minimum Gasteiger partial charge on any atom is -0.459 e. The maximum Gasteiger partial charge on any atom is 0.328 e. The van der Waals surface area contributed by atoms with Gasteiger partial charge in [-0.2, -0.15) is 0 Å². The van der Waals surface area contributed by atoms with Crippen LogP contribution in [0, 0.1) is 17.3 Å². The van der Waals surface area contributed by atoms with Gasteiger partial charge in [0, 0.05) is 5.56 Å². The summed E-state index contributed by atoms with van der Waals surface area (Å²) in [5.74, 6) is 5.55. The van der Waals surface area contributed by atoms with Gasteiger partial charge in [-0.25, -0.2) is 0 Å². The molecule has 1 rings (SSSR count). The molecule has 0 aromatic heterocycles. The van der Waals surface area contributed by atoms with Gasteiger partial charge in [-0.05, 0) is 39.8 Å². The molecule has 1 aromatic carbocycles. The first-order valence-corrected chi connectivity index (χ1v) is 6.22. The van der Waals surface area contributed by atoms with Crippen molar-refractivity contribution in [1.82, 2.24) is 0 Å². The summed E-state index contributed by atoms with van der Waals surface area (Å²) in [4.78, 5) is 12.1. The molecule has 1 aromatic rings. The molecule has 0 aliphatic rings. The Hall–Kier alpha value is -2.01. The van der Waals surface area contributed by atoms with E-state index >= 15 is 0 Å². The average molecular weight is 256 g/mol. The van der Waals surface area contributed by atoms with Crippen LogP contribution < -0.4 is 0 Å². The minimum absolute atomic E-state index is 0.376. The molecule has 0 saturated carbocycles. The number of ether oxygens (including phenoxy) is 1. The number of hydrogen-bond donors (Lipinski definition) is 0. The van der Waals surface area contributed by atoms with E-state index in [2.05, 4.69) is 18.4 Å².